The standard InChI is InChI=1S/C13H15ClN4O2/c1-3-11-8(7-18(2)17-11)5-15-12-4-9(13(19)20)10(14)6-16-12/h4,6-7H,3,5H2,1-2H3,(H,15,16)(H,19,20). The van der Waals surface area contributed by atoms with Crippen molar-refractivity contribution in [2.45, 2.75) is 19.9 Å². The summed E-state index contributed by atoms with van der Waals surface area (Å²) in [6.07, 6.45) is 4.10. The van der Waals surface area contributed by atoms with Crippen LogP contribution in [0.2, 0.25) is 5.02 Å². The molecule has 0 amide bonds. The Balaban J connectivity index is 2.14. The normalized spacial score (nSPS) is 10.6. The van der Waals surface area contributed by atoms with E-state index in [9.17, 15) is 4.79 Å². The van der Waals surface area contributed by atoms with E-state index in [1.807, 2.05) is 20.2 Å². The van der Waals surface area contributed by atoms with Crippen LogP contribution in [-0.4, -0.2) is 25.8 Å². The Hall–Kier alpha value is -2.08. The van der Waals surface area contributed by atoms with Gasteiger partial charge in [-0.3, -0.25) is 4.68 Å². The van der Waals surface area contributed by atoms with E-state index >= 15 is 0 Å². The lowest BCUT2D eigenvalue weighted by molar-refractivity contribution is 0.0697. The molecule has 0 unspecified atom stereocenters. The van der Waals surface area contributed by atoms with Crippen molar-refractivity contribution in [3.05, 3.63) is 40.3 Å². The van der Waals surface area contributed by atoms with E-state index in [1.54, 1.807) is 4.68 Å². The highest BCUT2D eigenvalue weighted by Crippen LogP contribution is 2.18. The van der Waals surface area contributed by atoms with E-state index in [4.69, 9.17) is 16.7 Å². The van der Waals surface area contributed by atoms with E-state index in [0.717, 1.165) is 17.7 Å². The van der Waals surface area contributed by atoms with Crippen LogP contribution in [0.25, 0.3) is 0 Å². The number of rotatable bonds is 5. The van der Waals surface area contributed by atoms with Crippen LogP contribution in [0.15, 0.2) is 18.5 Å². The summed E-state index contributed by atoms with van der Waals surface area (Å²) in [5.74, 6) is -0.603. The summed E-state index contributed by atoms with van der Waals surface area (Å²) in [5.41, 5.74) is 2.10. The average Bonchev–Trinajstić information content (AvgIpc) is 2.77. The molecule has 0 aliphatic carbocycles. The lowest BCUT2D eigenvalue weighted by atomic mass is 10.2. The Morgan fingerprint density at radius 3 is 2.95 bits per heavy atom. The van der Waals surface area contributed by atoms with Crippen molar-refractivity contribution in [3.63, 3.8) is 0 Å². The quantitative estimate of drug-likeness (QED) is 0.885. The van der Waals surface area contributed by atoms with Crippen LogP contribution in [0.1, 0.15) is 28.5 Å². The number of carboxylic acids is 1. The lowest BCUT2D eigenvalue weighted by Crippen LogP contribution is -2.05. The largest absolute Gasteiger partial charge is 0.478 e. The fourth-order valence-corrected chi connectivity index (χ4v) is 2.10. The van der Waals surface area contributed by atoms with Crippen molar-refractivity contribution in [2.75, 3.05) is 5.32 Å². The van der Waals surface area contributed by atoms with Gasteiger partial charge in [0.1, 0.15) is 5.82 Å². The number of hydrogen-bond donors (Lipinski definition) is 2. The van der Waals surface area contributed by atoms with E-state index < -0.39 is 5.97 Å². The second kappa shape index (κ2) is 5.92. The van der Waals surface area contributed by atoms with Crippen LogP contribution in [0.4, 0.5) is 5.82 Å². The van der Waals surface area contributed by atoms with Gasteiger partial charge in [-0.1, -0.05) is 18.5 Å². The molecule has 6 nitrogen and oxygen atoms in total. The number of aromatic carboxylic acids is 1. The topological polar surface area (TPSA) is 80.0 Å². The zero-order valence-electron chi connectivity index (χ0n) is 11.2. The maximum atomic E-state index is 11.0. The first kappa shape index (κ1) is 14.3. The molecule has 0 aliphatic heterocycles. The van der Waals surface area contributed by atoms with E-state index in [1.165, 1.54) is 12.3 Å². The van der Waals surface area contributed by atoms with Crippen LogP contribution in [0.3, 0.4) is 0 Å². The SMILES string of the molecule is CCc1nn(C)cc1CNc1cc(C(=O)O)c(Cl)cn1. The molecule has 0 saturated carbocycles. The number of aromatic nitrogens is 3. The van der Waals surface area contributed by atoms with Crippen molar-refractivity contribution in [2.24, 2.45) is 7.05 Å². The molecule has 0 saturated heterocycles. The van der Waals surface area contributed by atoms with Gasteiger partial charge in [-0.05, 0) is 12.5 Å². The molecule has 2 heterocycles. The van der Waals surface area contributed by atoms with E-state index in [2.05, 4.69) is 15.4 Å². The highest BCUT2D eigenvalue weighted by Gasteiger charge is 2.11. The second-order valence-electron chi connectivity index (χ2n) is 4.34. The zero-order valence-corrected chi connectivity index (χ0v) is 12.0. The molecule has 0 spiro atoms. The molecule has 20 heavy (non-hydrogen) atoms. The first-order chi connectivity index (χ1) is 9.51. The third kappa shape index (κ3) is 3.08. The molecule has 0 atom stereocenters. The number of aryl methyl sites for hydroxylation is 2. The molecule has 0 aromatic carbocycles. The molecule has 0 fully saturated rings. The Morgan fingerprint density at radius 1 is 1.55 bits per heavy atom. The van der Waals surface area contributed by atoms with Gasteiger partial charge < -0.3 is 10.4 Å². The molecular weight excluding hydrogens is 280 g/mol. The van der Waals surface area contributed by atoms with Crippen LogP contribution in [0, 0.1) is 0 Å². The maximum Gasteiger partial charge on any atom is 0.337 e. The fourth-order valence-electron chi connectivity index (χ4n) is 1.91. The molecule has 2 rings (SSSR count). The molecular formula is C13H15ClN4O2. The van der Waals surface area contributed by atoms with E-state index in [0.29, 0.717) is 12.4 Å². The number of nitrogens with one attached hydrogen (secondary N) is 1. The molecule has 2 N–H and O–H groups in total. The summed E-state index contributed by atoms with van der Waals surface area (Å²) >= 11 is 5.77. The molecule has 0 radical (unpaired) electrons. The monoisotopic (exact) mass is 294 g/mol. The van der Waals surface area contributed by atoms with E-state index in [-0.39, 0.29) is 10.6 Å². The zero-order chi connectivity index (χ0) is 14.7. The van der Waals surface area contributed by atoms with Crippen LogP contribution in [-0.2, 0) is 20.0 Å². The second-order valence-corrected chi connectivity index (χ2v) is 4.74. The number of halogens is 1. The van der Waals surface area contributed by atoms with Crippen molar-refractivity contribution in [1.29, 1.82) is 0 Å². The van der Waals surface area contributed by atoms with Gasteiger partial charge in [0.15, 0.2) is 0 Å². The predicted molar refractivity (Wildman–Crippen MR) is 76.1 cm³/mol. The molecule has 2 aromatic rings. The summed E-state index contributed by atoms with van der Waals surface area (Å²) in [7, 11) is 1.87. The van der Waals surface area contributed by atoms with Crippen molar-refractivity contribution in [1.82, 2.24) is 14.8 Å². The van der Waals surface area contributed by atoms with Gasteiger partial charge >= 0.3 is 5.97 Å². The maximum absolute atomic E-state index is 11.0. The summed E-state index contributed by atoms with van der Waals surface area (Å²) in [5, 5.41) is 16.6. The number of carbonyl (C=O) groups is 1. The number of nitrogens with zero attached hydrogens (tertiary/aromatic N) is 3. The molecule has 0 aliphatic rings. The number of pyridine rings is 1. The summed E-state index contributed by atoms with van der Waals surface area (Å²) in [6.45, 7) is 2.57. The van der Waals surface area contributed by atoms with Gasteiger partial charge in [-0.15, -0.1) is 0 Å². The third-order valence-corrected chi connectivity index (χ3v) is 3.17. The highest BCUT2D eigenvalue weighted by atomic mass is 35.5. The lowest BCUT2D eigenvalue weighted by Gasteiger charge is -2.07. The van der Waals surface area contributed by atoms with Crippen LogP contribution in [0.5, 0.6) is 0 Å². The summed E-state index contributed by atoms with van der Waals surface area (Å²) in [4.78, 5) is 15.1. The Bertz CT molecular complexity index is 639. The van der Waals surface area contributed by atoms with Crippen molar-refractivity contribution >= 4 is 23.4 Å². The van der Waals surface area contributed by atoms with Gasteiger partial charge in [0.05, 0.1) is 16.3 Å². The molecule has 0 bridgehead atoms. The average molecular weight is 295 g/mol. The summed E-state index contributed by atoms with van der Waals surface area (Å²) in [6, 6.07) is 1.42. The third-order valence-electron chi connectivity index (χ3n) is 2.87. The predicted octanol–water partition coefficient (Wildman–Crippen LogP) is 2.34. The van der Waals surface area contributed by atoms with Crippen molar-refractivity contribution < 1.29 is 9.90 Å². The molecule has 2 aromatic heterocycles. The van der Waals surface area contributed by atoms with Gasteiger partial charge in [0.25, 0.3) is 0 Å². The number of hydrogen-bond acceptors (Lipinski definition) is 4. The molecule has 7 heteroatoms. The van der Waals surface area contributed by atoms with Crippen molar-refractivity contribution in [3.8, 4) is 0 Å². The van der Waals surface area contributed by atoms with Crippen LogP contribution < -0.4 is 5.32 Å². The van der Waals surface area contributed by atoms with Crippen LogP contribution >= 0.6 is 11.6 Å². The fraction of sp³-hybridized carbons (Fsp3) is 0.308. The summed E-state index contributed by atoms with van der Waals surface area (Å²) < 4.78 is 1.76. The number of carboxylic acid groups (broad SMARTS) is 1. The first-order valence-corrected chi connectivity index (χ1v) is 6.53. The van der Waals surface area contributed by atoms with Gasteiger partial charge in [0, 0.05) is 31.5 Å². The Labute approximate surface area is 121 Å². The minimum absolute atomic E-state index is 0.0334. The van der Waals surface area contributed by atoms with Gasteiger partial charge in [0.2, 0.25) is 0 Å². The highest BCUT2D eigenvalue weighted by molar-refractivity contribution is 6.33. The minimum atomic E-state index is -1.07. The number of anilines is 1. The smallest absolute Gasteiger partial charge is 0.337 e. The first-order valence-electron chi connectivity index (χ1n) is 6.15. The van der Waals surface area contributed by atoms with Gasteiger partial charge in [-0.2, -0.15) is 5.10 Å². The Morgan fingerprint density at radius 2 is 2.30 bits per heavy atom. The minimum Gasteiger partial charge on any atom is -0.478 e. The van der Waals surface area contributed by atoms with Gasteiger partial charge in [-0.25, -0.2) is 9.78 Å². The Kier molecular flexibility index (Phi) is 4.24. The molecule has 106 valence electrons.